The average Bonchev–Trinajstić information content (AvgIpc) is 2.99. The first kappa shape index (κ1) is 19.5. The topological polar surface area (TPSA) is 70.5 Å². The van der Waals surface area contributed by atoms with Gasteiger partial charge < -0.3 is 19.7 Å². The van der Waals surface area contributed by atoms with Gasteiger partial charge >= 0.3 is 6.36 Å². The Morgan fingerprint density at radius 2 is 1.58 bits per heavy atom. The molecule has 0 amide bonds. The van der Waals surface area contributed by atoms with Crippen molar-refractivity contribution in [1.82, 2.24) is 5.16 Å². The van der Waals surface area contributed by atoms with Crippen LogP contribution in [0.4, 0.5) is 18.9 Å². The third-order valence-corrected chi connectivity index (χ3v) is 3.29. The number of hydrogen-bond donors (Lipinski definition) is 1. The molecule has 1 aromatic heterocycles. The van der Waals surface area contributed by atoms with Crippen molar-refractivity contribution in [1.29, 1.82) is 0 Å². The predicted molar refractivity (Wildman–Crippen MR) is 91.1 cm³/mol. The number of anilines is 1. The van der Waals surface area contributed by atoms with Crippen molar-refractivity contribution in [3.63, 3.8) is 0 Å². The Labute approximate surface area is 152 Å². The lowest BCUT2D eigenvalue weighted by molar-refractivity contribution is -0.274. The quantitative estimate of drug-likeness (QED) is 0.680. The van der Waals surface area contributed by atoms with Gasteiger partial charge in [0.05, 0.1) is 0 Å². The zero-order valence-corrected chi connectivity index (χ0v) is 14.0. The van der Waals surface area contributed by atoms with E-state index in [0.29, 0.717) is 22.7 Å². The fraction of sp³-hybridized carbons (Fsp3) is 0.118. The van der Waals surface area contributed by atoms with Crippen LogP contribution in [0.1, 0.15) is 5.56 Å². The minimum Gasteiger partial charge on any atom is -0.489 e. The van der Waals surface area contributed by atoms with Gasteiger partial charge in [0.1, 0.15) is 35.8 Å². The molecule has 5 nitrogen and oxygen atoms in total. The van der Waals surface area contributed by atoms with Crippen LogP contribution >= 0.6 is 12.4 Å². The second kappa shape index (κ2) is 8.01. The molecule has 138 valence electrons. The molecule has 0 aliphatic heterocycles. The Hall–Kier alpha value is -2.87. The zero-order chi connectivity index (χ0) is 17.9. The lowest BCUT2D eigenvalue weighted by atomic mass is 10.1. The largest absolute Gasteiger partial charge is 0.573 e. The number of nitrogens with two attached hydrogens (primary N) is 1. The van der Waals surface area contributed by atoms with Crippen LogP contribution in [-0.2, 0) is 6.61 Å². The molecular formula is C17H14ClF3N2O3. The molecule has 0 saturated carbocycles. The molecule has 0 radical (unpaired) electrons. The van der Waals surface area contributed by atoms with Crippen molar-refractivity contribution in [2.45, 2.75) is 13.0 Å². The van der Waals surface area contributed by atoms with E-state index in [0.717, 1.165) is 5.56 Å². The fourth-order valence-corrected chi connectivity index (χ4v) is 2.13. The predicted octanol–water partition coefficient (Wildman–Crippen LogP) is 4.82. The van der Waals surface area contributed by atoms with Crippen LogP contribution in [0.5, 0.6) is 11.5 Å². The summed E-state index contributed by atoms with van der Waals surface area (Å²) in [5.74, 6) is 0.326. The van der Waals surface area contributed by atoms with Gasteiger partial charge in [-0.2, -0.15) is 0 Å². The fourth-order valence-electron chi connectivity index (χ4n) is 2.13. The lowest BCUT2D eigenvalue weighted by Gasteiger charge is -2.10. The van der Waals surface area contributed by atoms with Gasteiger partial charge in [-0.05, 0) is 42.0 Å². The standard InChI is InChI=1S/C17H13F3N2O3.ClH/c18-17(19,20)25-14-5-1-11(2-6-14)9-23-13-7-3-12(4-8-13)16-15(21)10-24-22-16;/h1-8,10H,9,21H2;1H. The minimum absolute atomic E-state index is 0. The van der Waals surface area contributed by atoms with Crippen LogP contribution in [0.25, 0.3) is 11.3 Å². The monoisotopic (exact) mass is 386 g/mol. The number of rotatable bonds is 5. The zero-order valence-electron chi connectivity index (χ0n) is 13.2. The molecule has 0 saturated heterocycles. The van der Waals surface area contributed by atoms with E-state index < -0.39 is 6.36 Å². The average molecular weight is 387 g/mol. The number of benzene rings is 2. The first-order chi connectivity index (χ1) is 11.9. The van der Waals surface area contributed by atoms with Gasteiger partial charge in [0.2, 0.25) is 0 Å². The first-order valence-corrected chi connectivity index (χ1v) is 7.18. The highest BCUT2D eigenvalue weighted by atomic mass is 35.5. The van der Waals surface area contributed by atoms with Gasteiger partial charge in [-0.25, -0.2) is 0 Å². The lowest BCUT2D eigenvalue weighted by Crippen LogP contribution is -2.17. The molecule has 9 heteroatoms. The molecule has 3 rings (SSSR count). The van der Waals surface area contributed by atoms with E-state index in [2.05, 4.69) is 9.89 Å². The summed E-state index contributed by atoms with van der Waals surface area (Å²) in [5, 5.41) is 3.81. The molecule has 26 heavy (non-hydrogen) atoms. The Morgan fingerprint density at radius 3 is 2.12 bits per heavy atom. The number of hydrogen-bond acceptors (Lipinski definition) is 5. The summed E-state index contributed by atoms with van der Waals surface area (Å²) in [7, 11) is 0. The Balaban J connectivity index is 0.00000243. The van der Waals surface area contributed by atoms with Crippen LogP contribution in [0.3, 0.4) is 0 Å². The molecule has 0 spiro atoms. The Morgan fingerprint density at radius 1 is 0.962 bits per heavy atom. The van der Waals surface area contributed by atoms with Crippen LogP contribution in [0.15, 0.2) is 59.3 Å². The smallest absolute Gasteiger partial charge is 0.489 e. The van der Waals surface area contributed by atoms with Crippen molar-refractivity contribution in [3.8, 4) is 22.8 Å². The van der Waals surface area contributed by atoms with Gasteiger partial charge in [-0.15, -0.1) is 25.6 Å². The Kier molecular flexibility index (Phi) is 5.99. The molecule has 0 fully saturated rings. The van der Waals surface area contributed by atoms with Crippen molar-refractivity contribution in [2.75, 3.05) is 5.73 Å². The van der Waals surface area contributed by atoms with Crippen molar-refractivity contribution in [2.24, 2.45) is 0 Å². The molecular weight excluding hydrogens is 373 g/mol. The maximum atomic E-state index is 12.1. The SMILES string of the molecule is Cl.Nc1conc1-c1ccc(OCc2ccc(OC(F)(F)F)cc2)cc1. The summed E-state index contributed by atoms with van der Waals surface area (Å²) in [6, 6.07) is 12.5. The highest BCUT2D eigenvalue weighted by Gasteiger charge is 2.30. The van der Waals surface area contributed by atoms with Gasteiger partial charge in [-0.1, -0.05) is 17.3 Å². The van der Waals surface area contributed by atoms with E-state index >= 15 is 0 Å². The number of halogens is 4. The van der Waals surface area contributed by atoms with E-state index in [1.807, 2.05) is 0 Å². The van der Waals surface area contributed by atoms with Gasteiger partial charge in [0.25, 0.3) is 0 Å². The third-order valence-electron chi connectivity index (χ3n) is 3.29. The van der Waals surface area contributed by atoms with Crippen molar-refractivity contribution in [3.05, 3.63) is 60.4 Å². The normalized spacial score (nSPS) is 10.9. The van der Waals surface area contributed by atoms with Gasteiger partial charge in [-0.3, -0.25) is 0 Å². The van der Waals surface area contributed by atoms with E-state index in [1.54, 1.807) is 24.3 Å². The number of nitrogens with zero attached hydrogens (tertiary/aromatic N) is 1. The summed E-state index contributed by atoms with van der Waals surface area (Å²) in [6.45, 7) is 0.206. The molecule has 1 heterocycles. The van der Waals surface area contributed by atoms with E-state index in [-0.39, 0.29) is 24.8 Å². The maximum Gasteiger partial charge on any atom is 0.573 e. The highest BCUT2D eigenvalue weighted by molar-refractivity contribution is 5.85. The molecule has 0 unspecified atom stereocenters. The van der Waals surface area contributed by atoms with E-state index in [4.69, 9.17) is 15.0 Å². The van der Waals surface area contributed by atoms with E-state index in [9.17, 15) is 13.2 Å². The van der Waals surface area contributed by atoms with Crippen molar-refractivity contribution >= 4 is 18.1 Å². The summed E-state index contributed by atoms with van der Waals surface area (Å²) in [6.07, 6.45) is -3.35. The molecule has 2 aromatic carbocycles. The second-order valence-electron chi connectivity index (χ2n) is 5.12. The summed E-state index contributed by atoms with van der Waals surface area (Å²) < 4.78 is 50.5. The summed E-state index contributed by atoms with van der Waals surface area (Å²) in [4.78, 5) is 0. The first-order valence-electron chi connectivity index (χ1n) is 7.18. The molecule has 0 aliphatic carbocycles. The molecule has 0 bridgehead atoms. The summed E-state index contributed by atoms with van der Waals surface area (Å²) >= 11 is 0. The summed E-state index contributed by atoms with van der Waals surface area (Å²) in [5.41, 5.74) is 8.21. The number of ether oxygens (including phenoxy) is 2. The van der Waals surface area contributed by atoms with Crippen LogP contribution in [-0.4, -0.2) is 11.5 Å². The van der Waals surface area contributed by atoms with Gasteiger partial charge in [0, 0.05) is 5.56 Å². The molecule has 2 N–H and O–H groups in total. The number of alkyl halides is 3. The molecule has 0 aliphatic rings. The molecule has 3 aromatic rings. The van der Waals surface area contributed by atoms with Crippen molar-refractivity contribution < 1.29 is 27.2 Å². The van der Waals surface area contributed by atoms with Crippen LogP contribution < -0.4 is 15.2 Å². The second-order valence-corrected chi connectivity index (χ2v) is 5.12. The third kappa shape index (κ3) is 5.06. The number of aromatic nitrogens is 1. The molecule has 0 atom stereocenters. The number of nitrogen functional groups attached to an aromatic ring is 1. The van der Waals surface area contributed by atoms with Crippen LogP contribution in [0.2, 0.25) is 0 Å². The van der Waals surface area contributed by atoms with Gasteiger partial charge in [0.15, 0.2) is 0 Å². The minimum atomic E-state index is -4.70. The Bertz CT molecular complexity index is 834. The van der Waals surface area contributed by atoms with E-state index in [1.165, 1.54) is 30.5 Å². The maximum absolute atomic E-state index is 12.1. The highest BCUT2D eigenvalue weighted by Crippen LogP contribution is 2.26. The van der Waals surface area contributed by atoms with Crippen LogP contribution in [0, 0.1) is 0 Å².